The minimum absolute atomic E-state index is 0. The summed E-state index contributed by atoms with van der Waals surface area (Å²) in [4.78, 5) is 81.6. The van der Waals surface area contributed by atoms with Crippen LogP contribution in [0.4, 0.5) is 5.13 Å². The van der Waals surface area contributed by atoms with Gasteiger partial charge in [0.05, 0.1) is 4.21 Å². The molecule has 17 nitrogen and oxygen atoms in total. The van der Waals surface area contributed by atoms with Gasteiger partial charge in [-0.3, -0.25) is 23.6 Å². The van der Waals surface area contributed by atoms with Crippen molar-refractivity contribution >= 4 is 87.2 Å². The largest absolute Gasteiger partial charge is 1.00 e. The van der Waals surface area contributed by atoms with E-state index in [1.165, 1.54) is 4.90 Å². The number of aliphatic carboxylic acids is 2. The van der Waals surface area contributed by atoms with Crippen molar-refractivity contribution in [2.24, 2.45) is 10.6 Å². The number of aromatic carboxylic acids is 1. The molecule has 2 amide bonds. The summed E-state index contributed by atoms with van der Waals surface area (Å²) in [6.07, 6.45) is 0. The molecule has 0 aromatic carbocycles. The molecule has 2 unspecified atom stereocenters. The molecule has 0 radical (unpaired) electrons. The van der Waals surface area contributed by atoms with Crippen LogP contribution >= 0.6 is 46.6 Å². The first-order chi connectivity index (χ1) is 18.4. The van der Waals surface area contributed by atoms with Gasteiger partial charge >= 0.3 is 47.5 Å². The van der Waals surface area contributed by atoms with Crippen LogP contribution in [0.3, 0.4) is 0 Å². The van der Waals surface area contributed by atoms with Crippen LogP contribution in [0.5, 0.6) is 0 Å². The number of carboxylic acids is 3. The zero-order chi connectivity index (χ0) is 28.5. The number of aromatic nitrogens is 3. The molecule has 4 heterocycles. The third kappa shape index (κ3) is 6.44. The van der Waals surface area contributed by atoms with Crippen molar-refractivity contribution in [3.05, 3.63) is 21.7 Å². The van der Waals surface area contributed by atoms with E-state index in [1.807, 2.05) is 0 Å². The van der Waals surface area contributed by atoms with Gasteiger partial charge in [-0.15, -0.1) is 23.5 Å². The number of nitrogens with one attached hydrogen (secondary N) is 2. The maximum atomic E-state index is 12.9. The Bertz CT molecular complexity index is 1450. The number of anilines is 1. The summed E-state index contributed by atoms with van der Waals surface area (Å²) in [5.41, 5.74) is 2.31. The Morgan fingerprint density at radius 3 is 2.62 bits per heavy atom. The van der Waals surface area contributed by atoms with Gasteiger partial charge < -0.3 is 37.5 Å². The summed E-state index contributed by atoms with van der Waals surface area (Å²) < 4.78 is 6.28. The zero-order valence-corrected chi connectivity index (χ0v) is 25.4. The van der Waals surface area contributed by atoms with Gasteiger partial charge in [0.15, 0.2) is 10.7 Å². The average Bonchev–Trinajstić information content (AvgIpc) is 3.48. The van der Waals surface area contributed by atoms with Crippen molar-refractivity contribution in [2.75, 3.05) is 30.4 Å². The molecular formula is C18H18N7NaO10S4. The first-order valence-electron chi connectivity index (χ1n) is 10.5. The number of hydrogen-bond donors (Lipinski definition) is 6. The van der Waals surface area contributed by atoms with Crippen LogP contribution in [-0.4, -0.2) is 105 Å². The summed E-state index contributed by atoms with van der Waals surface area (Å²) in [7, 11) is 0. The minimum atomic E-state index is -1.46. The summed E-state index contributed by atoms with van der Waals surface area (Å²) >= 11 is 3.53. The molecule has 2 fully saturated rings. The number of nitrogens with two attached hydrogens (primary N) is 1. The molecule has 2 aromatic heterocycles. The number of nitrogen functional groups attached to an aromatic ring is 1. The van der Waals surface area contributed by atoms with E-state index in [-0.39, 0.29) is 64.2 Å². The Kier molecular flexibility index (Phi) is 10.2. The molecule has 0 aliphatic carbocycles. The molecule has 4 rings (SSSR count). The number of nitrogens with zero attached hydrogens (tertiary/aromatic N) is 4. The number of oxime groups is 1. The minimum Gasteiger partial charge on any atom is -1.00 e. The van der Waals surface area contributed by atoms with Crippen molar-refractivity contribution in [1.82, 2.24) is 23.9 Å². The summed E-state index contributed by atoms with van der Waals surface area (Å²) in [6.45, 7) is -1.07. The van der Waals surface area contributed by atoms with Gasteiger partial charge in [0, 0.05) is 29.6 Å². The third-order valence-corrected chi connectivity index (χ3v) is 10.0. The van der Waals surface area contributed by atoms with Crippen LogP contribution < -0.4 is 46.2 Å². The smallest absolute Gasteiger partial charge is 1.00 e. The number of H-pyrrole nitrogens is 1. The normalized spacial score (nSPS) is 21.9. The fraction of sp³-hybridized carbons (Fsp3) is 0.389. The van der Waals surface area contributed by atoms with E-state index >= 15 is 0 Å². The number of amides is 2. The van der Waals surface area contributed by atoms with Gasteiger partial charge in [-0.05, 0) is 0 Å². The SMILES string of the molecule is Nc1nc(C(=NOCC(=O)O)C(=O)NC2C(=O)N3CC(CSc4s[nH]c(=O)c4C(=O)O)(C(=O)O)CS[C@H]23)ns1.[H-].[Na+]. The first kappa shape index (κ1) is 31.8. The van der Waals surface area contributed by atoms with E-state index in [4.69, 9.17) is 10.8 Å². The number of hydrogen-bond acceptors (Lipinski definition) is 15. The van der Waals surface area contributed by atoms with Crippen LogP contribution in [-0.2, 0) is 24.0 Å². The quantitative estimate of drug-likeness (QED) is 0.0445. The monoisotopic (exact) mass is 643 g/mol. The molecule has 0 bridgehead atoms. The zero-order valence-electron chi connectivity index (χ0n) is 21.2. The predicted octanol–water partition coefficient (Wildman–Crippen LogP) is -4.25. The maximum absolute atomic E-state index is 12.9. The molecule has 3 atom stereocenters. The van der Waals surface area contributed by atoms with E-state index in [9.17, 15) is 39.0 Å². The Balaban J connectivity index is 0.00000294. The molecule has 2 aromatic rings. The molecule has 0 saturated carbocycles. The number of β-lactam (4-membered cyclic amide) rings is 1. The van der Waals surface area contributed by atoms with Crippen molar-refractivity contribution in [2.45, 2.75) is 15.6 Å². The molecule has 2 aliphatic heterocycles. The second-order valence-electron chi connectivity index (χ2n) is 8.06. The Morgan fingerprint density at radius 2 is 2.02 bits per heavy atom. The van der Waals surface area contributed by atoms with E-state index < -0.39 is 70.0 Å². The molecule has 2 saturated heterocycles. The van der Waals surface area contributed by atoms with Crippen LogP contribution in [0, 0.1) is 5.41 Å². The number of aromatic amines is 1. The predicted molar refractivity (Wildman–Crippen MR) is 138 cm³/mol. The fourth-order valence-corrected chi connectivity index (χ4v) is 7.82. The van der Waals surface area contributed by atoms with E-state index in [1.54, 1.807) is 0 Å². The Labute approximate surface area is 263 Å². The third-order valence-electron chi connectivity index (χ3n) is 5.46. The van der Waals surface area contributed by atoms with Gasteiger partial charge in [0.1, 0.15) is 16.8 Å². The van der Waals surface area contributed by atoms with E-state index in [0.29, 0.717) is 0 Å². The standard InChI is InChI=1S/C18H17N7O10S4.Na.H/c19-17-21-9(23-39-17)7(22-35-1-5(26)27)11(29)20-8-12(30)25-2-18(16(33)34,3-36-13(8)25)4-37-15-6(14(31)32)10(28)24-38-15;;/h8,13H,1-4H2,(H,20,29)(H,24,28)(H,26,27)(H,31,32)(H,33,34)(H2,19,21,23);;/q;+1;-1/t8?,13-,18?;;/m1../s1. The summed E-state index contributed by atoms with van der Waals surface area (Å²) in [5.74, 6) is -5.86. The van der Waals surface area contributed by atoms with Gasteiger partial charge in [-0.2, -0.15) is 9.36 Å². The molecule has 40 heavy (non-hydrogen) atoms. The number of carboxylic acid groups (broad SMARTS) is 3. The molecular weight excluding hydrogens is 625 g/mol. The molecule has 210 valence electrons. The number of fused-ring (bicyclic) bond motifs is 1. The van der Waals surface area contributed by atoms with Crippen molar-refractivity contribution < 1.29 is 75.1 Å². The van der Waals surface area contributed by atoms with Crippen LogP contribution in [0.15, 0.2) is 14.2 Å². The van der Waals surface area contributed by atoms with E-state index in [2.05, 4.69) is 29.0 Å². The Morgan fingerprint density at radius 1 is 1.30 bits per heavy atom. The second-order valence-corrected chi connectivity index (χ2v) is 12.0. The van der Waals surface area contributed by atoms with Gasteiger partial charge in [-0.1, -0.05) is 16.7 Å². The van der Waals surface area contributed by atoms with Crippen LogP contribution in [0.2, 0.25) is 0 Å². The van der Waals surface area contributed by atoms with Gasteiger partial charge in [-0.25, -0.2) is 9.59 Å². The number of thioether (sulfide) groups is 2. The number of carbonyl (C=O) groups excluding carboxylic acids is 2. The fourth-order valence-electron chi connectivity index (χ4n) is 3.56. The molecule has 22 heteroatoms. The number of carbonyl (C=O) groups is 5. The first-order valence-corrected chi connectivity index (χ1v) is 14.1. The van der Waals surface area contributed by atoms with Crippen LogP contribution in [0.25, 0.3) is 0 Å². The molecule has 2 aliphatic rings. The van der Waals surface area contributed by atoms with Gasteiger partial charge in [0.2, 0.25) is 24.1 Å². The average molecular weight is 644 g/mol. The van der Waals surface area contributed by atoms with Crippen molar-refractivity contribution in [3.63, 3.8) is 0 Å². The molecule has 0 spiro atoms. The van der Waals surface area contributed by atoms with Crippen LogP contribution in [0.1, 0.15) is 17.6 Å². The van der Waals surface area contributed by atoms with Crippen molar-refractivity contribution in [1.29, 1.82) is 0 Å². The second kappa shape index (κ2) is 12.9. The number of rotatable bonds is 11. The van der Waals surface area contributed by atoms with Crippen molar-refractivity contribution in [3.8, 4) is 0 Å². The van der Waals surface area contributed by atoms with Gasteiger partial charge in [0.25, 0.3) is 11.5 Å². The summed E-state index contributed by atoms with van der Waals surface area (Å²) in [5, 5.41) is 33.3. The topological polar surface area (TPSA) is 268 Å². The maximum Gasteiger partial charge on any atom is 1.00 e. The summed E-state index contributed by atoms with van der Waals surface area (Å²) in [6, 6.07) is -1.06. The van der Waals surface area contributed by atoms with E-state index in [0.717, 1.165) is 46.6 Å². The Hall–Kier alpha value is -2.69. The molecule has 7 N–H and O–H groups in total.